The molecule has 0 aromatic heterocycles. The van der Waals surface area contributed by atoms with Gasteiger partial charge in [0, 0.05) is 0 Å². The van der Waals surface area contributed by atoms with Crippen molar-refractivity contribution in [1.82, 2.24) is 0 Å². The summed E-state index contributed by atoms with van der Waals surface area (Å²) in [6.45, 7) is 4.46. The predicted octanol–water partition coefficient (Wildman–Crippen LogP) is 4.17. The van der Waals surface area contributed by atoms with E-state index in [1.54, 1.807) is 0 Å². The SMILES string of the molecule is CC[CH]C[CH]CCCCCC. The lowest BCUT2D eigenvalue weighted by Gasteiger charge is -1.98. The van der Waals surface area contributed by atoms with E-state index in [1.807, 2.05) is 0 Å². The Morgan fingerprint density at radius 3 is 2.36 bits per heavy atom. The van der Waals surface area contributed by atoms with Crippen molar-refractivity contribution in [2.75, 3.05) is 0 Å². The zero-order chi connectivity index (χ0) is 8.36. The Bertz CT molecular complexity index is 49.1. The van der Waals surface area contributed by atoms with E-state index in [9.17, 15) is 0 Å². The van der Waals surface area contributed by atoms with Gasteiger partial charge in [0.15, 0.2) is 0 Å². The number of hydrogen-bond donors (Lipinski definition) is 0. The van der Waals surface area contributed by atoms with E-state index in [-0.39, 0.29) is 0 Å². The maximum atomic E-state index is 2.40. The fourth-order valence-corrected chi connectivity index (χ4v) is 1.12. The predicted molar refractivity (Wildman–Crippen MR) is 52.3 cm³/mol. The second-order valence-corrected chi connectivity index (χ2v) is 3.07. The molecule has 0 spiro atoms. The number of rotatable bonds is 8. The average Bonchev–Trinajstić information content (AvgIpc) is 2.03. The molecule has 0 aliphatic heterocycles. The van der Waals surface area contributed by atoms with Gasteiger partial charge in [-0.2, -0.15) is 0 Å². The van der Waals surface area contributed by atoms with Crippen molar-refractivity contribution in [1.29, 1.82) is 0 Å². The Labute approximate surface area is 72.4 Å². The van der Waals surface area contributed by atoms with Gasteiger partial charge in [-0.15, -0.1) is 0 Å². The summed E-state index contributed by atoms with van der Waals surface area (Å²) in [5, 5.41) is 0. The molecule has 0 bridgehead atoms. The Morgan fingerprint density at radius 2 is 1.73 bits per heavy atom. The zero-order valence-electron chi connectivity index (χ0n) is 8.10. The Kier molecular flexibility index (Phi) is 10.0. The molecule has 0 heteroatoms. The summed E-state index contributed by atoms with van der Waals surface area (Å²) >= 11 is 0. The van der Waals surface area contributed by atoms with Crippen molar-refractivity contribution in [3.63, 3.8) is 0 Å². The minimum absolute atomic E-state index is 1.21. The third-order valence-electron chi connectivity index (χ3n) is 1.88. The maximum absolute atomic E-state index is 2.40. The lowest BCUT2D eigenvalue weighted by Crippen LogP contribution is -1.80. The van der Waals surface area contributed by atoms with E-state index < -0.39 is 0 Å². The first-order valence-electron chi connectivity index (χ1n) is 5.05. The second-order valence-electron chi connectivity index (χ2n) is 3.07. The lowest BCUT2D eigenvalue weighted by molar-refractivity contribution is 0.655. The van der Waals surface area contributed by atoms with Crippen LogP contribution in [0.25, 0.3) is 0 Å². The summed E-state index contributed by atoms with van der Waals surface area (Å²) in [6, 6.07) is 0. The number of hydrogen-bond acceptors (Lipinski definition) is 0. The van der Waals surface area contributed by atoms with Crippen molar-refractivity contribution in [2.45, 2.75) is 58.8 Å². The summed E-state index contributed by atoms with van der Waals surface area (Å²) in [6.07, 6.45) is 14.0. The molecule has 2 radical (unpaired) electrons. The van der Waals surface area contributed by atoms with Gasteiger partial charge < -0.3 is 0 Å². The normalized spacial score (nSPS) is 10.4. The molecule has 0 saturated heterocycles. The van der Waals surface area contributed by atoms with Gasteiger partial charge in [0.25, 0.3) is 0 Å². The van der Waals surface area contributed by atoms with E-state index in [0.717, 1.165) is 0 Å². The van der Waals surface area contributed by atoms with E-state index in [4.69, 9.17) is 0 Å². The van der Waals surface area contributed by atoms with Crippen LogP contribution in [0.1, 0.15) is 58.8 Å². The zero-order valence-corrected chi connectivity index (χ0v) is 8.10. The van der Waals surface area contributed by atoms with E-state index in [0.29, 0.717) is 0 Å². The molecule has 0 fully saturated rings. The molecule has 0 unspecified atom stereocenters. The third kappa shape index (κ3) is 10.0. The summed E-state index contributed by atoms with van der Waals surface area (Å²) in [5.74, 6) is 0. The highest BCUT2D eigenvalue weighted by Crippen LogP contribution is 2.07. The van der Waals surface area contributed by atoms with Gasteiger partial charge in [-0.25, -0.2) is 0 Å². The average molecular weight is 154 g/mol. The fourth-order valence-electron chi connectivity index (χ4n) is 1.12. The topological polar surface area (TPSA) is 0 Å². The Hall–Kier alpha value is 0. The van der Waals surface area contributed by atoms with Crippen molar-refractivity contribution in [3.05, 3.63) is 12.8 Å². The molecule has 0 N–H and O–H groups in total. The summed E-state index contributed by atoms with van der Waals surface area (Å²) in [5.41, 5.74) is 0. The minimum Gasteiger partial charge on any atom is -0.0654 e. The standard InChI is InChI=1S/C11H22/c1-3-5-7-9-11-10-8-6-4-2/h5,9H,3-4,6-8,10-11H2,1-2H3. The number of unbranched alkanes of at least 4 members (excludes halogenated alkanes) is 8. The molecule has 0 nitrogen and oxygen atoms in total. The Balaban J connectivity index is 2.69. The van der Waals surface area contributed by atoms with Crippen LogP contribution in [0.3, 0.4) is 0 Å². The highest BCUT2D eigenvalue weighted by Gasteiger charge is 1.89. The highest BCUT2D eigenvalue weighted by molar-refractivity contribution is 4.74. The lowest BCUT2D eigenvalue weighted by atomic mass is 10.1. The molecule has 0 aromatic carbocycles. The molecule has 0 rings (SSSR count). The molecule has 0 atom stereocenters. The first kappa shape index (κ1) is 11.0. The molecule has 11 heavy (non-hydrogen) atoms. The van der Waals surface area contributed by atoms with Gasteiger partial charge in [-0.3, -0.25) is 0 Å². The molecule has 0 heterocycles. The van der Waals surface area contributed by atoms with Crippen molar-refractivity contribution >= 4 is 0 Å². The van der Waals surface area contributed by atoms with Gasteiger partial charge in [0.05, 0.1) is 0 Å². The molecule has 66 valence electrons. The van der Waals surface area contributed by atoms with Crippen LogP contribution in [0.4, 0.5) is 0 Å². The van der Waals surface area contributed by atoms with Crippen LogP contribution < -0.4 is 0 Å². The van der Waals surface area contributed by atoms with Gasteiger partial charge >= 0.3 is 0 Å². The van der Waals surface area contributed by atoms with Crippen LogP contribution in [0.15, 0.2) is 0 Å². The first-order chi connectivity index (χ1) is 5.41. The van der Waals surface area contributed by atoms with Gasteiger partial charge in [-0.1, -0.05) is 52.4 Å². The molecule has 0 aliphatic rings. The van der Waals surface area contributed by atoms with Crippen LogP contribution in [0.2, 0.25) is 0 Å². The summed E-state index contributed by atoms with van der Waals surface area (Å²) in [4.78, 5) is 0. The molecule has 0 amide bonds. The van der Waals surface area contributed by atoms with Crippen LogP contribution >= 0.6 is 0 Å². The Morgan fingerprint density at radius 1 is 0.909 bits per heavy atom. The van der Waals surface area contributed by atoms with Crippen molar-refractivity contribution in [2.24, 2.45) is 0 Å². The first-order valence-corrected chi connectivity index (χ1v) is 5.05. The highest BCUT2D eigenvalue weighted by atomic mass is 13.9. The summed E-state index contributed by atoms with van der Waals surface area (Å²) in [7, 11) is 0. The fraction of sp³-hybridized carbons (Fsp3) is 0.818. The molecular weight excluding hydrogens is 132 g/mol. The smallest absolute Gasteiger partial charge is 0.0383 e. The van der Waals surface area contributed by atoms with Gasteiger partial charge in [0.1, 0.15) is 0 Å². The van der Waals surface area contributed by atoms with E-state index in [2.05, 4.69) is 26.7 Å². The molecule has 0 aliphatic carbocycles. The largest absolute Gasteiger partial charge is 0.0654 e. The maximum Gasteiger partial charge on any atom is -0.0383 e. The minimum atomic E-state index is 1.21. The molecule has 0 aromatic rings. The van der Waals surface area contributed by atoms with Crippen LogP contribution in [-0.2, 0) is 0 Å². The van der Waals surface area contributed by atoms with Crippen molar-refractivity contribution in [3.8, 4) is 0 Å². The summed E-state index contributed by atoms with van der Waals surface area (Å²) < 4.78 is 0. The van der Waals surface area contributed by atoms with E-state index >= 15 is 0 Å². The molecule has 0 saturated carbocycles. The quantitative estimate of drug-likeness (QED) is 0.460. The van der Waals surface area contributed by atoms with Crippen molar-refractivity contribution < 1.29 is 0 Å². The van der Waals surface area contributed by atoms with Gasteiger partial charge in [-0.05, 0) is 19.3 Å². The van der Waals surface area contributed by atoms with Gasteiger partial charge in [0.2, 0.25) is 0 Å². The second kappa shape index (κ2) is 10.0. The van der Waals surface area contributed by atoms with E-state index in [1.165, 1.54) is 44.9 Å². The molecular formula is C11H22. The van der Waals surface area contributed by atoms with Crippen LogP contribution in [0, 0.1) is 12.8 Å². The third-order valence-corrected chi connectivity index (χ3v) is 1.88. The van der Waals surface area contributed by atoms with Crippen LogP contribution in [-0.4, -0.2) is 0 Å². The van der Waals surface area contributed by atoms with Crippen LogP contribution in [0.5, 0.6) is 0 Å². The monoisotopic (exact) mass is 154 g/mol.